The number of aliphatic hydroxyl groups excluding tert-OH is 1. The summed E-state index contributed by atoms with van der Waals surface area (Å²) < 4.78 is 5.35. The molecule has 0 radical (unpaired) electrons. The highest BCUT2D eigenvalue weighted by atomic mass is 16.5. The summed E-state index contributed by atoms with van der Waals surface area (Å²) in [6.07, 6.45) is 6.31. The van der Waals surface area contributed by atoms with Crippen LogP contribution >= 0.6 is 0 Å². The van der Waals surface area contributed by atoms with Crippen molar-refractivity contribution in [1.82, 2.24) is 9.88 Å². The van der Waals surface area contributed by atoms with Crippen molar-refractivity contribution < 1.29 is 14.6 Å². The number of carbonyl (C=O) groups is 1. The molecule has 2 rings (SSSR count). The number of rotatable bonds is 6. The Balaban J connectivity index is 1.84. The quantitative estimate of drug-likeness (QED) is 0.857. The predicted molar refractivity (Wildman–Crippen MR) is 79.8 cm³/mol. The van der Waals surface area contributed by atoms with E-state index in [1.54, 1.807) is 17.3 Å². The number of aliphatic hydroxyl groups is 1. The van der Waals surface area contributed by atoms with Crippen molar-refractivity contribution in [1.29, 1.82) is 0 Å². The lowest BCUT2D eigenvalue weighted by atomic mass is 9.80. The van der Waals surface area contributed by atoms with Gasteiger partial charge >= 0.3 is 0 Å². The average molecular weight is 292 g/mol. The van der Waals surface area contributed by atoms with Crippen LogP contribution in [0.1, 0.15) is 24.8 Å². The maximum atomic E-state index is 12.2. The zero-order valence-electron chi connectivity index (χ0n) is 12.6. The van der Waals surface area contributed by atoms with E-state index in [1.807, 2.05) is 19.2 Å². The molecule has 1 N–H and O–H groups in total. The molecule has 5 nitrogen and oxygen atoms in total. The molecule has 0 aliphatic carbocycles. The number of nitrogens with zero attached hydrogens (tertiary/aromatic N) is 2. The summed E-state index contributed by atoms with van der Waals surface area (Å²) in [6.45, 7) is 2.03. The van der Waals surface area contributed by atoms with E-state index in [1.165, 1.54) is 0 Å². The largest absolute Gasteiger partial charge is 0.396 e. The van der Waals surface area contributed by atoms with Gasteiger partial charge in [-0.25, -0.2) is 0 Å². The number of hydrogen-bond acceptors (Lipinski definition) is 4. The molecule has 1 aliphatic heterocycles. The maximum Gasteiger partial charge on any atom is 0.222 e. The molecule has 0 saturated carbocycles. The van der Waals surface area contributed by atoms with Gasteiger partial charge in [0, 0.05) is 51.0 Å². The third kappa shape index (κ3) is 4.51. The van der Waals surface area contributed by atoms with E-state index < -0.39 is 0 Å². The predicted octanol–water partition coefficient (Wildman–Crippen LogP) is 1.26. The minimum absolute atomic E-state index is 0.108. The lowest BCUT2D eigenvalue weighted by molar-refractivity contribution is -0.133. The molecule has 21 heavy (non-hydrogen) atoms. The molecule has 1 aromatic rings. The van der Waals surface area contributed by atoms with Crippen LogP contribution in [0.5, 0.6) is 0 Å². The van der Waals surface area contributed by atoms with Crippen LogP contribution in [0.4, 0.5) is 0 Å². The third-order valence-corrected chi connectivity index (χ3v) is 4.24. The summed E-state index contributed by atoms with van der Waals surface area (Å²) in [6, 6.07) is 3.86. The zero-order valence-corrected chi connectivity index (χ0v) is 12.6. The van der Waals surface area contributed by atoms with Crippen molar-refractivity contribution in [2.24, 2.45) is 5.41 Å². The van der Waals surface area contributed by atoms with Crippen LogP contribution in [0.25, 0.3) is 0 Å². The summed E-state index contributed by atoms with van der Waals surface area (Å²) >= 11 is 0. The Morgan fingerprint density at radius 1 is 1.48 bits per heavy atom. The Bertz CT molecular complexity index is 444. The van der Waals surface area contributed by atoms with Crippen LogP contribution in [0.2, 0.25) is 0 Å². The monoisotopic (exact) mass is 292 g/mol. The minimum Gasteiger partial charge on any atom is -0.396 e. The first-order chi connectivity index (χ1) is 10.2. The summed E-state index contributed by atoms with van der Waals surface area (Å²) in [7, 11) is 1.82. The van der Waals surface area contributed by atoms with Crippen LogP contribution in [-0.4, -0.2) is 54.3 Å². The van der Waals surface area contributed by atoms with Gasteiger partial charge in [-0.2, -0.15) is 0 Å². The van der Waals surface area contributed by atoms with E-state index in [-0.39, 0.29) is 17.9 Å². The van der Waals surface area contributed by atoms with E-state index in [0.717, 1.165) is 18.4 Å². The first-order valence-corrected chi connectivity index (χ1v) is 7.47. The van der Waals surface area contributed by atoms with Crippen LogP contribution in [0.3, 0.4) is 0 Å². The van der Waals surface area contributed by atoms with Crippen molar-refractivity contribution in [3.05, 3.63) is 30.1 Å². The van der Waals surface area contributed by atoms with E-state index >= 15 is 0 Å². The highest BCUT2D eigenvalue weighted by molar-refractivity contribution is 5.76. The second-order valence-electron chi connectivity index (χ2n) is 5.88. The molecule has 0 spiro atoms. The lowest BCUT2D eigenvalue weighted by Crippen LogP contribution is -2.44. The molecular formula is C16H24N2O3. The first-order valence-electron chi connectivity index (χ1n) is 7.47. The number of amides is 1. The van der Waals surface area contributed by atoms with Gasteiger partial charge in [0.1, 0.15) is 0 Å². The van der Waals surface area contributed by atoms with Gasteiger partial charge in [0.15, 0.2) is 0 Å². The van der Waals surface area contributed by atoms with Crippen LogP contribution < -0.4 is 0 Å². The second kappa shape index (κ2) is 7.52. The van der Waals surface area contributed by atoms with E-state index in [0.29, 0.717) is 32.6 Å². The molecular weight excluding hydrogens is 268 g/mol. The SMILES string of the molecule is CN(CC1(CO)CCOCC1)C(=O)CCc1cccnc1. The van der Waals surface area contributed by atoms with Gasteiger partial charge in [0.2, 0.25) is 5.91 Å². The number of hydrogen-bond donors (Lipinski definition) is 1. The summed E-state index contributed by atoms with van der Waals surface area (Å²) in [5.74, 6) is 0.109. The zero-order chi connectivity index (χ0) is 15.1. The molecule has 0 unspecified atom stereocenters. The van der Waals surface area contributed by atoms with E-state index in [4.69, 9.17) is 4.74 Å². The first kappa shape index (κ1) is 15.9. The minimum atomic E-state index is -0.197. The normalized spacial score (nSPS) is 17.4. The van der Waals surface area contributed by atoms with E-state index in [9.17, 15) is 9.90 Å². The number of aryl methyl sites for hydroxylation is 1. The molecule has 0 aromatic carbocycles. The molecule has 1 saturated heterocycles. The van der Waals surface area contributed by atoms with E-state index in [2.05, 4.69) is 4.98 Å². The Labute approximate surface area is 125 Å². The van der Waals surface area contributed by atoms with Crippen molar-refractivity contribution in [2.75, 3.05) is 33.4 Å². The number of pyridine rings is 1. The molecule has 116 valence electrons. The lowest BCUT2D eigenvalue weighted by Gasteiger charge is -2.38. The summed E-state index contributed by atoms with van der Waals surface area (Å²) in [5.41, 5.74) is 0.874. The Hall–Kier alpha value is -1.46. The molecule has 2 heterocycles. The summed E-state index contributed by atoms with van der Waals surface area (Å²) in [5, 5.41) is 9.68. The molecule has 1 aromatic heterocycles. The Morgan fingerprint density at radius 3 is 2.86 bits per heavy atom. The Kier molecular flexibility index (Phi) is 5.70. The highest BCUT2D eigenvalue weighted by Crippen LogP contribution is 2.30. The molecule has 1 amide bonds. The standard InChI is InChI=1S/C16H24N2O3/c1-18(12-16(13-19)6-9-21-10-7-16)15(20)5-4-14-3-2-8-17-11-14/h2-3,8,11,19H,4-7,9-10,12-13H2,1H3. The molecule has 0 atom stereocenters. The number of aromatic nitrogens is 1. The topological polar surface area (TPSA) is 62.7 Å². The number of carbonyl (C=O) groups excluding carboxylic acids is 1. The van der Waals surface area contributed by atoms with Gasteiger partial charge < -0.3 is 14.7 Å². The maximum absolute atomic E-state index is 12.2. The van der Waals surface area contributed by atoms with Crippen LogP contribution in [0, 0.1) is 5.41 Å². The Morgan fingerprint density at radius 2 is 2.24 bits per heavy atom. The van der Waals surface area contributed by atoms with Crippen molar-refractivity contribution in [3.63, 3.8) is 0 Å². The molecule has 1 fully saturated rings. The van der Waals surface area contributed by atoms with Gasteiger partial charge in [-0.15, -0.1) is 0 Å². The van der Waals surface area contributed by atoms with Crippen LogP contribution in [-0.2, 0) is 16.0 Å². The van der Waals surface area contributed by atoms with Gasteiger partial charge in [-0.3, -0.25) is 9.78 Å². The van der Waals surface area contributed by atoms with Crippen molar-refractivity contribution in [2.45, 2.75) is 25.7 Å². The van der Waals surface area contributed by atoms with Gasteiger partial charge in [0.05, 0.1) is 6.61 Å². The molecule has 0 bridgehead atoms. The fraction of sp³-hybridized carbons (Fsp3) is 0.625. The highest BCUT2D eigenvalue weighted by Gasteiger charge is 2.34. The smallest absolute Gasteiger partial charge is 0.222 e. The third-order valence-electron chi connectivity index (χ3n) is 4.24. The van der Waals surface area contributed by atoms with Gasteiger partial charge in [-0.1, -0.05) is 6.07 Å². The molecule has 5 heteroatoms. The second-order valence-corrected chi connectivity index (χ2v) is 5.88. The fourth-order valence-electron chi connectivity index (χ4n) is 2.75. The van der Waals surface area contributed by atoms with Gasteiger partial charge in [0.25, 0.3) is 0 Å². The van der Waals surface area contributed by atoms with Crippen molar-refractivity contribution in [3.8, 4) is 0 Å². The van der Waals surface area contributed by atoms with Gasteiger partial charge in [-0.05, 0) is 30.9 Å². The summed E-state index contributed by atoms with van der Waals surface area (Å²) in [4.78, 5) is 18.0. The molecule has 1 aliphatic rings. The van der Waals surface area contributed by atoms with Crippen molar-refractivity contribution >= 4 is 5.91 Å². The van der Waals surface area contributed by atoms with Crippen LogP contribution in [0.15, 0.2) is 24.5 Å². The average Bonchev–Trinajstić information content (AvgIpc) is 2.54. The fourth-order valence-corrected chi connectivity index (χ4v) is 2.75. The number of ether oxygens (including phenoxy) is 1.